The van der Waals surface area contributed by atoms with Crippen LogP contribution in [0.2, 0.25) is 0 Å². The van der Waals surface area contributed by atoms with Crippen LogP contribution in [-0.2, 0) is 4.79 Å². The maximum Gasteiger partial charge on any atom is 0.231 e. The number of nitrogens with two attached hydrogens (primary N) is 1. The molecule has 2 N–H and O–H groups in total. The molecule has 3 heterocycles. The molecule has 8 nitrogen and oxygen atoms in total. The van der Waals surface area contributed by atoms with E-state index in [1.807, 2.05) is 18.2 Å². The van der Waals surface area contributed by atoms with E-state index in [4.69, 9.17) is 15.2 Å². The average molecular weight is 468 g/mol. The van der Waals surface area contributed by atoms with Crippen molar-refractivity contribution in [3.8, 4) is 17.6 Å². The number of nitrogens with zero attached hydrogens (tertiary/aromatic N) is 4. The molecule has 5 rings (SSSR count). The lowest BCUT2D eigenvalue weighted by molar-refractivity contribution is -0.116. The molecule has 0 radical (unpaired) electrons. The van der Waals surface area contributed by atoms with Crippen molar-refractivity contribution in [1.29, 1.82) is 5.26 Å². The van der Waals surface area contributed by atoms with Crippen LogP contribution in [0, 0.1) is 11.3 Å². The molecule has 1 unspecified atom stereocenters. The Morgan fingerprint density at radius 3 is 2.88 bits per heavy atom. The second-order valence-electron chi connectivity index (χ2n) is 7.95. The summed E-state index contributed by atoms with van der Waals surface area (Å²) in [5.74, 6) is 1.02. The van der Waals surface area contributed by atoms with Gasteiger partial charge in [0.05, 0.1) is 17.6 Å². The number of hydrogen-bond acceptors (Lipinski definition) is 10. The number of benzene rings is 1. The third kappa shape index (κ3) is 3.42. The summed E-state index contributed by atoms with van der Waals surface area (Å²) in [6.07, 6.45) is 1.84. The fourth-order valence-electron chi connectivity index (χ4n) is 4.27. The standard InChI is InChI=1S/C22H21N5O3S2/c1-11(2)31-22-26-25-21(32-22)27-14-4-3-5-15(28)19(14)18(13(9-23)20(27)24)12-6-7-16-17(8-12)30-10-29-16/h6-8,11,18H,3-5,10,24H2,1-2H3. The first-order valence-corrected chi connectivity index (χ1v) is 12.0. The second kappa shape index (κ2) is 8.15. The summed E-state index contributed by atoms with van der Waals surface area (Å²) < 4.78 is 11.8. The summed E-state index contributed by atoms with van der Waals surface area (Å²) in [5, 5.41) is 19.7. The molecule has 32 heavy (non-hydrogen) atoms. The van der Waals surface area contributed by atoms with Gasteiger partial charge in [-0.3, -0.25) is 9.69 Å². The fourth-order valence-corrected chi connectivity index (χ4v) is 6.38. The number of fused-ring (bicyclic) bond motifs is 1. The summed E-state index contributed by atoms with van der Waals surface area (Å²) in [4.78, 5) is 15.0. The van der Waals surface area contributed by atoms with Gasteiger partial charge in [0, 0.05) is 22.9 Å². The minimum Gasteiger partial charge on any atom is -0.454 e. The molecule has 1 aromatic carbocycles. The van der Waals surface area contributed by atoms with Crippen molar-refractivity contribution in [2.24, 2.45) is 5.73 Å². The van der Waals surface area contributed by atoms with E-state index in [0.717, 1.165) is 22.0 Å². The van der Waals surface area contributed by atoms with Gasteiger partial charge in [-0.15, -0.1) is 10.2 Å². The number of hydrogen-bond donors (Lipinski definition) is 1. The van der Waals surface area contributed by atoms with Gasteiger partial charge < -0.3 is 15.2 Å². The van der Waals surface area contributed by atoms with Gasteiger partial charge >= 0.3 is 0 Å². The van der Waals surface area contributed by atoms with E-state index in [1.54, 1.807) is 16.7 Å². The lowest BCUT2D eigenvalue weighted by Crippen LogP contribution is -2.38. The number of ketones is 1. The predicted molar refractivity (Wildman–Crippen MR) is 121 cm³/mol. The first-order valence-electron chi connectivity index (χ1n) is 10.3. The number of anilines is 1. The molecule has 2 aliphatic heterocycles. The SMILES string of the molecule is CC(C)Sc1nnc(N2C(N)=C(C#N)C(c3ccc4c(c3)OCO4)C3=C2CCCC3=O)s1. The number of thioether (sulfide) groups is 1. The third-order valence-corrected chi connectivity index (χ3v) is 7.56. The molecule has 0 saturated carbocycles. The maximum atomic E-state index is 13.2. The van der Waals surface area contributed by atoms with Gasteiger partial charge in [0.1, 0.15) is 5.82 Å². The zero-order valence-corrected chi connectivity index (χ0v) is 19.3. The van der Waals surface area contributed by atoms with Crippen molar-refractivity contribution < 1.29 is 14.3 Å². The van der Waals surface area contributed by atoms with Crippen LogP contribution in [0.1, 0.15) is 44.6 Å². The van der Waals surface area contributed by atoms with E-state index in [0.29, 0.717) is 51.7 Å². The van der Waals surface area contributed by atoms with E-state index in [2.05, 4.69) is 30.1 Å². The van der Waals surface area contributed by atoms with Crippen molar-refractivity contribution in [2.75, 3.05) is 11.7 Å². The van der Waals surface area contributed by atoms with Crippen LogP contribution in [-0.4, -0.2) is 28.0 Å². The fraction of sp³-hybridized carbons (Fsp3) is 0.364. The van der Waals surface area contributed by atoms with Crippen LogP contribution >= 0.6 is 23.1 Å². The Morgan fingerprint density at radius 2 is 2.09 bits per heavy atom. The molecular formula is C22H21N5O3S2. The number of nitriles is 1. The summed E-state index contributed by atoms with van der Waals surface area (Å²) in [6.45, 7) is 4.33. The number of Topliss-reactive ketones (excluding diaryl/α,β-unsaturated/α-hetero) is 1. The van der Waals surface area contributed by atoms with Crippen LogP contribution in [0.4, 0.5) is 5.13 Å². The smallest absolute Gasteiger partial charge is 0.231 e. The van der Waals surface area contributed by atoms with E-state index in [1.165, 1.54) is 11.3 Å². The third-order valence-electron chi connectivity index (χ3n) is 5.57. The van der Waals surface area contributed by atoms with Gasteiger partial charge in [-0.1, -0.05) is 43.0 Å². The molecule has 10 heteroatoms. The zero-order chi connectivity index (χ0) is 22.4. The Balaban J connectivity index is 1.65. The molecule has 1 aromatic heterocycles. The molecular weight excluding hydrogens is 446 g/mol. The molecule has 0 fully saturated rings. The van der Waals surface area contributed by atoms with Gasteiger partial charge in [-0.25, -0.2) is 0 Å². The summed E-state index contributed by atoms with van der Waals surface area (Å²) in [6, 6.07) is 7.78. The molecule has 1 aliphatic carbocycles. The van der Waals surface area contributed by atoms with E-state index in [-0.39, 0.29) is 12.6 Å². The topological polar surface area (TPSA) is 114 Å². The first-order chi connectivity index (χ1) is 15.5. The lowest BCUT2D eigenvalue weighted by atomic mass is 9.76. The number of aromatic nitrogens is 2. The quantitative estimate of drug-likeness (QED) is 0.664. The van der Waals surface area contributed by atoms with Crippen LogP contribution < -0.4 is 20.1 Å². The average Bonchev–Trinajstić information content (AvgIpc) is 3.41. The zero-order valence-electron chi connectivity index (χ0n) is 17.6. The summed E-state index contributed by atoms with van der Waals surface area (Å²) >= 11 is 3.03. The predicted octanol–water partition coefficient (Wildman–Crippen LogP) is 4.07. The Labute approximate surface area is 193 Å². The molecule has 0 bridgehead atoms. The summed E-state index contributed by atoms with van der Waals surface area (Å²) in [7, 11) is 0. The molecule has 164 valence electrons. The Kier molecular flexibility index (Phi) is 5.31. The number of carbonyl (C=O) groups excluding carboxylic acids is 1. The van der Waals surface area contributed by atoms with Crippen molar-refractivity contribution in [2.45, 2.75) is 48.6 Å². The number of rotatable bonds is 4. The normalized spacial score (nSPS) is 20.1. The van der Waals surface area contributed by atoms with Gasteiger partial charge in [-0.2, -0.15) is 5.26 Å². The molecule has 3 aliphatic rings. The molecule has 0 amide bonds. The molecule has 2 aromatic rings. The first kappa shape index (κ1) is 20.8. The van der Waals surface area contributed by atoms with Crippen LogP contribution in [0.5, 0.6) is 11.5 Å². The van der Waals surface area contributed by atoms with Crippen LogP contribution in [0.15, 0.2) is 45.2 Å². The number of carbonyl (C=O) groups is 1. The van der Waals surface area contributed by atoms with E-state index >= 15 is 0 Å². The second-order valence-corrected chi connectivity index (χ2v) is 10.7. The van der Waals surface area contributed by atoms with Crippen molar-refractivity contribution in [3.63, 3.8) is 0 Å². The lowest BCUT2D eigenvalue weighted by Gasteiger charge is -2.38. The van der Waals surface area contributed by atoms with Gasteiger partial charge in [0.15, 0.2) is 21.6 Å². The van der Waals surface area contributed by atoms with Crippen LogP contribution in [0.25, 0.3) is 0 Å². The number of ether oxygens (including phenoxy) is 2. The number of allylic oxidation sites excluding steroid dienone is 3. The van der Waals surface area contributed by atoms with Gasteiger partial charge in [0.25, 0.3) is 0 Å². The Bertz CT molecular complexity index is 1210. The van der Waals surface area contributed by atoms with Crippen LogP contribution in [0.3, 0.4) is 0 Å². The van der Waals surface area contributed by atoms with E-state index < -0.39 is 5.92 Å². The highest BCUT2D eigenvalue weighted by atomic mass is 32.2. The largest absolute Gasteiger partial charge is 0.454 e. The van der Waals surface area contributed by atoms with Crippen molar-refractivity contribution >= 4 is 34.0 Å². The highest BCUT2D eigenvalue weighted by molar-refractivity contribution is 8.01. The van der Waals surface area contributed by atoms with Crippen molar-refractivity contribution in [3.05, 3.63) is 46.4 Å². The maximum absolute atomic E-state index is 13.2. The molecule has 0 spiro atoms. The minimum atomic E-state index is -0.550. The van der Waals surface area contributed by atoms with Crippen molar-refractivity contribution in [1.82, 2.24) is 10.2 Å². The monoisotopic (exact) mass is 467 g/mol. The van der Waals surface area contributed by atoms with E-state index in [9.17, 15) is 10.1 Å². The Morgan fingerprint density at radius 1 is 1.28 bits per heavy atom. The Hall–Kier alpha value is -3.03. The highest BCUT2D eigenvalue weighted by Gasteiger charge is 2.41. The van der Waals surface area contributed by atoms with Gasteiger partial charge in [0.2, 0.25) is 11.9 Å². The highest BCUT2D eigenvalue weighted by Crippen LogP contribution is 2.48. The van der Waals surface area contributed by atoms with Gasteiger partial charge in [-0.05, 0) is 30.5 Å². The summed E-state index contributed by atoms with van der Waals surface area (Å²) in [5.41, 5.74) is 9.10. The molecule has 1 atom stereocenters. The minimum absolute atomic E-state index is 0.0282. The molecule has 0 saturated heterocycles.